The van der Waals surface area contributed by atoms with Crippen LogP contribution in [0.25, 0.3) is 27.3 Å². The molecule has 0 atom stereocenters. The first-order valence-corrected chi connectivity index (χ1v) is 10.2. The Labute approximate surface area is 161 Å². The molecular formula is C21H20N4OS. The minimum absolute atomic E-state index is 0.140. The van der Waals surface area contributed by atoms with Gasteiger partial charge < -0.3 is 4.90 Å². The summed E-state index contributed by atoms with van der Waals surface area (Å²) >= 11 is 1.50. The third-order valence-corrected chi connectivity index (χ3v) is 6.47. The molecule has 5 nitrogen and oxygen atoms in total. The molecular weight excluding hydrogens is 356 g/mol. The molecule has 0 saturated carbocycles. The van der Waals surface area contributed by atoms with Crippen molar-refractivity contribution in [2.24, 2.45) is 0 Å². The van der Waals surface area contributed by atoms with Crippen molar-refractivity contribution in [1.82, 2.24) is 19.3 Å². The number of aryl methyl sites for hydroxylation is 1. The van der Waals surface area contributed by atoms with Gasteiger partial charge in [0.05, 0.1) is 10.3 Å². The van der Waals surface area contributed by atoms with Gasteiger partial charge in [-0.15, -0.1) is 11.3 Å². The normalized spacial score (nSPS) is 14.9. The quantitative estimate of drug-likeness (QED) is 0.516. The maximum atomic E-state index is 13.1. The molecule has 1 saturated heterocycles. The Balaban J connectivity index is 1.71. The molecule has 0 unspecified atom stereocenters. The van der Waals surface area contributed by atoms with Gasteiger partial charge in [0.1, 0.15) is 16.3 Å². The van der Waals surface area contributed by atoms with Crippen molar-refractivity contribution in [1.29, 1.82) is 0 Å². The minimum Gasteiger partial charge on any atom is -0.338 e. The molecule has 4 heterocycles. The number of thiophene rings is 1. The van der Waals surface area contributed by atoms with Gasteiger partial charge in [0.25, 0.3) is 5.91 Å². The number of piperidine rings is 1. The molecule has 136 valence electrons. The molecule has 0 aliphatic carbocycles. The zero-order chi connectivity index (χ0) is 18.4. The van der Waals surface area contributed by atoms with Gasteiger partial charge in [-0.1, -0.05) is 30.3 Å². The van der Waals surface area contributed by atoms with Gasteiger partial charge in [0.15, 0.2) is 0 Å². The van der Waals surface area contributed by atoms with Crippen LogP contribution < -0.4 is 0 Å². The lowest BCUT2D eigenvalue weighted by molar-refractivity contribution is 0.0728. The first-order valence-electron chi connectivity index (χ1n) is 9.35. The molecule has 4 aromatic rings. The van der Waals surface area contributed by atoms with Crippen LogP contribution in [0, 0.1) is 6.92 Å². The first-order chi connectivity index (χ1) is 13.2. The first kappa shape index (κ1) is 16.4. The molecule has 3 aromatic heterocycles. The molecule has 0 bridgehead atoms. The van der Waals surface area contributed by atoms with Crippen LogP contribution in [-0.4, -0.2) is 38.3 Å². The zero-order valence-electron chi connectivity index (χ0n) is 15.2. The summed E-state index contributed by atoms with van der Waals surface area (Å²) in [4.78, 5) is 26.3. The van der Waals surface area contributed by atoms with Gasteiger partial charge in [-0.2, -0.15) is 0 Å². The fourth-order valence-electron chi connectivity index (χ4n) is 3.89. The number of amides is 1. The van der Waals surface area contributed by atoms with Gasteiger partial charge in [0.2, 0.25) is 0 Å². The number of carbonyl (C=O) groups is 1. The third kappa shape index (κ3) is 2.63. The molecule has 1 amide bonds. The van der Waals surface area contributed by atoms with E-state index in [-0.39, 0.29) is 5.91 Å². The summed E-state index contributed by atoms with van der Waals surface area (Å²) in [6, 6.07) is 10.1. The highest BCUT2D eigenvalue weighted by Gasteiger charge is 2.25. The number of hydrogen-bond donors (Lipinski definition) is 0. The lowest BCUT2D eigenvalue weighted by Crippen LogP contribution is -2.35. The van der Waals surface area contributed by atoms with Crippen molar-refractivity contribution < 1.29 is 4.79 Å². The number of likely N-dealkylation sites (tertiary alicyclic amines) is 1. The smallest absolute Gasteiger partial charge is 0.264 e. The van der Waals surface area contributed by atoms with Crippen molar-refractivity contribution in [3.63, 3.8) is 0 Å². The van der Waals surface area contributed by atoms with E-state index in [1.807, 2.05) is 52.8 Å². The highest BCUT2D eigenvalue weighted by molar-refractivity contribution is 7.20. The highest BCUT2D eigenvalue weighted by Crippen LogP contribution is 2.35. The standard InChI is InChI=1S/C21H20N4OS/c1-14-16-19-22-10-13-25(19)18(15-8-4-2-5-9-15)23-20(16)27-17(14)21(26)24-11-6-3-7-12-24/h2,4-5,8-10,13H,3,6-7,11-12H2,1H3. The summed E-state index contributed by atoms with van der Waals surface area (Å²) in [5.74, 6) is 0.995. The second-order valence-corrected chi connectivity index (χ2v) is 8.01. The molecule has 0 spiro atoms. The summed E-state index contributed by atoms with van der Waals surface area (Å²) in [6.07, 6.45) is 7.14. The number of benzene rings is 1. The maximum absolute atomic E-state index is 13.1. The second-order valence-electron chi connectivity index (χ2n) is 7.01. The second kappa shape index (κ2) is 6.46. The van der Waals surface area contributed by atoms with Crippen molar-refractivity contribution >= 4 is 33.1 Å². The number of imidazole rings is 1. The molecule has 1 aliphatic heterocycles. The Morgan fingerprint density at radius 1 is 1.11 bits per heavy atom. The van der Waals surface area contributed by atoms with E-state index in [9.17, 15) is 4.79 Å². The molecule has 27 heavy (non-hydrogen) atoms. The Morgan fingerprint density at radius 3 is 2.67 bits per heavy atom. The Hall–Kier alpha value is -2.73. The molecule has 6 heteroatoms. The monoisotopic (exact) mass is 376 g/mol. The lowest BCUT2D eigenvalue weighted by atomic mass is 10.1. The fourth-order valence-corrected chi connectivity index (χ4v) is 5.03. The van der Waals surface area contributed by atoms with Crippen LogP contribution in [0.3, 0.4) is 0 Å². The summed E-state index contributed by atoms with van der Waals surface area (Å²) < 4.78 is 2.02. The van der Waals surface area contributed by atoms with Crippen molar-refractivity contribution in [3.8, 4) is 11.4 Å². The van der Waals surface area contributed by atoms with E-state index in [2.05, 4.69) is 4.98 Å². The van der Waals surface area contributed by atoms with Crippen LogP contribution in [0.15, 0.2) is 42.7 Å². The molecule has 1 aliphatic rings. The topological polar surface area (TPSA) is 50.5 Å². The Kier molecular flexibility index (Phi) is 3.93. The van der Waals surface area contributed by atoms with E-state index in [1.54, 1.807) is 6.20 Å². The lowest BCUT2D eigenvalue weighted by Gasteiger charge is -2.26. The van der Waals surface area contributed by atoms with Crippen LogP contribution in [0.4, 0.5) is 0 Å². The molecule has 5 rings (SSSR count). The van der Waals surface area contributed by atoms with Gasteiger partial charge in [0, 0.05) is 31.0 Å². The van der Waals surface area contributed by atoms with Gasteiger partial charge in [-0.3, -0.25) is 9.20 Å². The van der Waals surface area contributed by atoms with Crippen LogP contribution in [-0.2, 0) is 0 Å². The van der Waals surface area contributed by atoms with Crippen molar-refractivity contribution in [2.75, 3.05) is 13.1 Å². The number of fused-ring (bicyclic) bond motifs is 3. The van der Waals surface area contributed by atoms with Gasteiger partial charge in [-0.25, -0.2) is 9.97 Å². The van der Waals surface area contributed by atoms with E-state index < -0.39 is 0 Å². The summed E-state index contributed by atoms with van der Waals surface area (Å²) in [5.41, 5.74) is 2.90. The predicted molar refractivity (Wildman–Crippen MR) is 108 cm³/mol. The van der Waals surface area contributed by atoms with E-state index in [0.717, 1.165) is 63.6 Å². The van der Waals surface area contributed by atoms with Crippen molar-refractivity contribution in [2.45, 2.75) is 26.2 Å². The van der Waals surface area contributed by atoms with Crippen LogP contribution in [0.5, 0.6) is 0 Å². The summed E-state index contributed by atoms with van der Waals surface area (Å²) in [7, 11) is 0. The van der Waals surface area contributed by atoms with E-state index >= 15 is 0 Å². The van der Waals surface area contributed by atoms with Gasteiger partial charge >= 0.3 is 0 Å². The summed E-state index contributed by atoms with van der Waals surface area (Å²) in [6.45, 7) is 3.73. The summed E-state index contributed by atoms with van der Waals surface area (Å²) in [5, 5.41) is 0.991. The Bertz CT molecular complexity index is 1140. The highest BCUT2D eigenvalue weighted by atomic mass is 32.1. The van der Waals surface area contributed by atoms with E-state index in [1.165, 1.54) is 17.8 Å². The average Bonchev–Trinajstić information content (AvgIpc) is 3.33. The number of aromatic nitrogens is 3. The minimum atomic E-state index is 0.140. The van der Waals surface area contributed by atoms with E-state index in [0.29, 0.717) is 0 Å². The molecule has 1 fully saturated rings. The number of hydrogen-bond acceptors (Lipinski definition) is 4. The van der Waals surface area contributed by atoms with Crippen LogP contribution in [0.1, 0.15) is 34.5 Å². The zero-order valence-corrected chi connectivity index (χ0v) is 16.0. The van der Waals surface area contributed by atoms with Crippen LogP contribution >= 0.6 is 11.3 Å². The third-order valence-electron chi connectivity index (χ3n) is 5.30. The average molecular weight is 376 g/mol. The SMILES string of the molecule is Cc1c(C(=O)N2CCCCC2)sc2nc(-c3ccccc3)n3ccnc3c12. The van der Waals surface area contributed by atoms with Crippen molar-refractivity contribution in [3.05, 3.63) is 53.2 Å². The number of rotatable bonds is 2. The predicted octanol–water partition coefficient (Wildman–Crippen LogP) is 4.55. The van der Waals surface area contributed by atoms with Crippen LogP contribution in [0.2, 0.25) is 0 Å². The number of carbonyl (C=O) groups excluding carboxylic acids is 1. The molecule has 0 radical (unpaired) electrons. The molecule has 0 N–H and O–H groups in total. The number of nitrogens with zero attached hydrogens (tertiary/aromatic N) is 4. The van der Waals surface area contributed by atoms with Gasteiger partial charge in [-0.05, 0) is 31.7 Å². The van der Waals surface area contributed by atoms with E-state index in [4.69, 9.17) is 4.98 Å². The maximum Gasteiger partial charge on any atom is 0.264 e. The molecule has 1 aromatic carbocycles. The Morgan fingerprint density at radius 2 is 1.89 bits per heavy atom. The largest absolute Gasteiger partial charge is 0.338 e. The fraction of sp³-hybridized carbons (Fsp3) is 0.286.